The Morgan fingerprint density at radius 3 is 2.59 bits per heavy atom. The Balaban J connectivity index is 2.66. The van der Waals surface area contributed by atoms with E-state index in [2.05, 4.69) is 0 Å². The monoisotopic (exact) mass is 243 g/mol. The number of ether oxygens (including phenoxy) is 1. The van der Waals surface area contributed by atoms with Gasteiger partial charge in [-0.05, 0) is 26.7 Å². The van der Waals surface area contributed by atoms with E-state index in [9.17, 15) is 4.79 Å². The number of likely N-dealkylation sites (tertiary alicyclic amines) is 1. The fourth-order valence-corrected chi connectivity index (χ4v) is 2.38. The second-order valence-corrected chi connectivity index (χ2v) is 4.42. The SMILES string of the molecule is CCN(CC)C(=O)N1CCC(OC)CC1CN. The number of amides is 2. The molecule has 2 amide bonds. The molecule has 0 aromatic heterocycles. The normalized spacial score (nSPS) is 24.8. The molecule has 0 aromatic rings. The molecule has 1 aliphatic rings. The summed E-state index contributed by atoms with van der Waals surface area (Å²) in [4.78, 5) is 16.0. The summed E-state index contributed by atoms with van der Waals surface area (Å²) < 4.78 is 5.36. The van der Waals surface area contributed by atoms with Crippen LogP contribution >= 0.6 is 0 Å². The van der Waals surface area contributed by atoms with E-state index >= 15 is 0 Å². The number of rotatable bonds is 4. The third-order valence-electron chi connectivity index (χ3n) is 3.55. The van der Waals surface area contributed by atoms with E-state index in [0.717, 1.165) is 32.5 Å². The highest BCUT2D eigenvalue weighted by atomic mass is 16.5. The number of nitrogens with two attached hydrogens (primary N) is 1. The number of carbonyl (C=O) groups is 1. The molecule has 17 heavy (non-hydrogen) atoms. The zero-order valence-corrected chi connectivity index (χ0v) is 11.2. The highest BCUT2D eigenvalue weighted by molar-refractivity contribution is 5.75. The molecule has 0 aliphatic carbocycles. The van der Waals surface area contributed by atoms with Gasteiger partial charge in [-0.1, -0.05) is 0 Å². The minimum atomic E-state index is 0.111. The first-order valence-corrected chi connectivity index (χ1v) is 6.46. The van der Waals surface area contributed by atoms with E-state index in [1.54, 1.807) is 7.11 Å². The maximum absolute atomic E-state index is 12.3. The summed E-state index contributed by atoms with van der Waals surface area (Å²) in [6.45, 7) is 6.75. The zero-order chi connectivity index (χ0) is 12.8. The summed E-state index contributed by atoms with van der Waals surface area (Å²) in [5.41, 5.74) is 5.76. The van der Waals surface area contributed by atoms with Crippen LogP contribution in [0.5, 0.6) is 0 Å². The number of hydrogen-bond acceptors (Lipinski definition) is 3. The predicted octanol–water partition coefficient (Wildman–Crippen LogP) is 0.886. The van der Waals surface area contributed by atoms with Gasteiger partial charge in [-0.25, -0.2) is 4.79 Å². The minimum Gasteiger partial charge on any atom is -0.381 e. The number of carbonyl (C=O) groups excluding carboxylic acids is 1. The molecule has 1 rings (SSSR count). The topological polar surface area (TPSA) is 58.8 Å². The number of methoxy groups -OCH3 is 1. The Kier molecular flexibility index (Phi) is 5.71. The van der Waals surface area contributed by atoms with Crippen molar-refractivity contribution in [2.45, 2.75) is 38.8 Å². The molecule has 1 heterocycles. The smallest absolute Gasteiger partial charge is 0.320 e. The lowest BCUT2D eigenvalue weighted by Crippen LogP contribution is -2.55. The molecule has 1 aliphatic heterocycles. The molecule has 2 atom stereocenters. The lowest BCUT2D eigenvalue weighted by Gasteiger charge is -2.40. The molecule has 0 saturated carbocycles. The Morgan fingerprint density at radius 1 is 1.47 bits per heavy atom. The van der Waals surface area contributed by atoms with Gasteiger partial charge in [-0.2, -0.15) is 0 Å². The van der Waals surface area contributed by atoms with Gasteiger partial charge in [-0.3, -0.25) is 0 Å². The molecular weight excluding hydrogens is 218 g/mol. The summed E-state index contributed by atoms with van der Waals surface area (Å²) in [6, 6.07) is 0.224. The first-order valence-electron chi connectivity index (χ1n) is 6.46. The van der Waals surface area contributed by atoms with Crippen LogP contribution in [0.2, 0.25) is 0 Å². The Bertz CT molecular complexity index is 244. The summed E-state index contributed by atoms with van der Waals surface area (Å²) in [7, 11) is 1.72. The highest BCUT2D eigenvalue weighted by Crippen LogP contribution is 2.20. The zero-order valence-electron chi connectivity index (χ0n) is 11.2. The molecule has 0 spiro atoms. The lowest BCUT2D eigenvalue weighted by molar-refractivity contribution is 0.0210. The van der Waals surface area contributed by atoms with E-state index in [-0.39, 0.29) is 18.2 Å². The van der Waals surface area contributed by atoms with Gasteiger partial charge in [0.15, 0.2) is 0 Å². The Labute approximate surface area is 104 Å². The molecule has 1 saturated heterocycles. The molecule has 2 unspecified atom stereocenters. The first kappa shape index (κ1) is 14.3. The van der Waals surface area contributed by atoms with E-state index < -0.39 is 0 Å². The quantitative estimate of drug-likeness (QED) is 0.797. The van der Waals surface area contributed by atoms with Gasteiger partial charge in [0.1, 0.15) is 0 Å². The maximum Gasteiger partial charge on any atom is 0.320 e. The Hall–Kier alpha value is -0.810. The molecule has 5 heteroatoms. The van der Waals surface area contributed by atoms with Crippen LogP contribution in [0.1, 0.15) is 26.7 Å². The molecule has 0 bridgehead atoms. The van der Waals surface area contributed by atoms with Crippen LogP contribution in [0.4, 0.5) is 4.79 Å². The molecule has 2 N–H and O–H groups in total. The molecule has 5 nitrogen and oxygen atoms in total. The van der Waals surface area contributed by atoms with Gasteiger partial charge in [0.2, 0.25) is 0 Å². The summed E-state index contributed by atoms with van der Waals surface area (Å²) >= 11 is 0. The van der Waals surface area contributed by atoms with Crippen LogP contribution in [0.3, 0.4) is 0 Å². The van der Waals surface area contributed by atoms with Crippen LogP contribution in [0.25, 0.3) is 0 Å². The first-order chi connectivity index (χ1) is 8.17. The van der Waals surface area contributed by atoms with Crippen LogP contribution in [-0.2, 0) is 4.74 Å². The molecular formula is C12H25N3O2. The van der Waals surface area contributed by atoms with Crippen molar-refractivity contribution < 1.29 is 9.53 Å². The third kappa shape index (κ3) is 3.33. The van der Waals surface area contributed by atoms with E-state index in [1.807, 2.05) is 23.6 Å². The number of piperidine rings is 1. The van der Waals surface area contributed by atoms with Crippen LogP contribution in [-0.4, -0.2) is 61.3 Å². The second kappa shape index (κ2) is 6.81. The van der Waals surface area contributed by atoms with Crippen molar-refractivity contribution in [1.82, 2.24) is 9.80 Å². The van der Waals surface area contributed by atoms with Crippen molar-refractivity contribution in [2.75, 3.05) is 33.3 Å². The van der Waals surface area contributed by atoms with Crippen molar-refractivity contribution in [3.05, 3.63) is 0 Å². The number of nitrogens with zero attached hydrogens (tertiary/aromatic N) is 2. The maximum atomic E-state index is 12.3. The van der Waals surface area contributed by atoms with Gasteiger partial charge < -0.3 is 20.3 Å². The average molecular weight is 243 g/mol. The van der Waals surface area contributed by atoms with Gasteiger partial charge in [0, 0.05) is 39.3 Å². The largest absolute Gasteiger partial charge is 0.381 e. The number of urea groups is 1. The summed E-state index contributed by atoms with van der Waals surface area (Å²) in [5, 5.41) is 0. The molecule has 1 fully saturated rings. The highest BCUT2D eigenvalue weighted by Gasteiger charge is 2.32. The molecule has 0 radical (unpaired) electrons. The summed E-state index contributed by atoms with van der Waals surface area (Å²) in [6.07, 6.45) is 1.99. The van der Waals surface area contributed by atoms with Crippen molar-refractivity contribution in [3.8, 4) is 0 Å². The van der Waals surface area contributed by atoms with Crippen LogP contribution < -0.4 is 5.73 Å². The molecule has 0 aromatic carbocycles. The molecule has 100 valence electrons. The third-order valence-corrected chi connectivity index (χ3v) is 3.55. The van der Waals surface area contributed by atoms with Gasteiger partial charge in [-0.15, -0.1) is 0 Å². The predicted molar refractivity (Wildman–Crippen MR) is 67.9 cm³/mol. The van der Waals surface area contributed by atoms with E-state index in [0.29, 0.717) is 6.54 Å². The van der Waals surface area contributed by atoms with Crippen LogP contribution in [0.15, 0.2) is 0 Å². The van der Waals surface area contributed by atoms with E-state index in [1.165, 1.54) is 0 Å². The standard InChI is InChI=1S/C12H25N3O2/c1-4-14(5-2)12(16)15-7-6-11(17-3)8-10(15)9-13/h10-11H,4-9,13H2,1-3H3. The van der Waals surface area contributed by atoms with Crippen molar-refractivity contribution in [1.29, 1.82) is 0 Å². The van der Waals surface area contributed by atoms with Gasteiger partial charge >= 0.3 is 6.03 Å². The van der Waals surface area contributed by atoms with Gasteiger partial charge in [0.25, 0.3) is 0 Å². The van der Waals surface area contributed by atoms with Crippen LogP contribution in [0, 0.1) is 0 Å². The van der Waals surface area contributed by atoms with Crippen molar-refractivity contribution >= 4 is 6.03 Å². The fourth-order valence-electron chi connectivity index (χ4n) is 2.38. The fraction of sp³-hybridized carbons (Fsp3) is 0.917. The van der Waals surface area contributed by atoms with E-state index in [4.69, 9.17) is 10.5 Å². The number of hydrogen-bond donors (Lipinski definition) is 1. The lowest BCUT2D eigenvalue weighted by atomic mass is 9.99. The minimum absolute atomic E-state index is 0.111. The second-order valence-electron chi connectivity index (χ2n) is 4.42. The van der Waals surface area contributed by atoms with Crippen molar-refractivity contribution in [3.63, 3.8) is 0 Å². The van der Waals surface area contributed by atoms with Gasteiger partial charge in [0.05, 0.1) is 6.10 Å². The Morgan fingerprint density at radius 2 is 2.12 bits per heavy atom. The van der Waals surface area contributed by atoms with Crippen molar-refractivity contribution in [2.24, 2.45) is 5.73 Å². The average Bonchev–Trinajstić information content (AvgIpc) is 2.39. The summed E-state index contributed by atoms with van der Waals surface area (Å²) in [5.74, 6) is 0.